The number of carbonyl (C=O) groups excluding carboxylic acids is 3. The summed E-state index contributed by atoms with van der Waals surface area (Å²) in [5, 5.41) is 0. The van der Waals surface area contributed by atoms with Gasteiger partial charge in [-0.1, -0.05) is 30.3 Å². The Morgan fingerprint density at radius 3 is 2.48 bits per heavy atom. The van der Waals surface area contributed by atoms with Crippen LogP contribution in [0, 0.1) is 0 Å². The van der Waals surface area contributed by atoms with E-state index in [1.54, 1.807) is 14.0 Å². The molecule has 164 valence electrons. The average molecular weight is 425 g/mol. The maximum Gasteiger partial charge on any atom is 0.328 e. The fraction of sp³-hybridized carbons (Fsp3) is 0.455. The number of carbonyl (C=O) groups is 3. The number of guanidine groups is 1. The van der Waals surface area contributed by atoms with Crippen LogP contribution in [0.2, 0.25) is 0 Å². The van der Waals surface area contributed by atoms with Crippen LogP contribution >= 0.6 is 0 Å². The molecular formula is C22H27N5O4. The summed E-state index contributed by atoms with van der Waals surface area (Å²) in [5.41, 5.74) is 3.16. The van der Waals surface area contributed by atoms with E-state index >= 15 is 0 Å². The summed E-state index contributed by atoms with van der Waals surface area (Å²) in [7, 11) is 1.61. The number of allylic oxidation sites excluding steroid dienone is 2. The predicted molar refractivity (Wildman–Crippen MR) is 114 cm³/mol. The molecule has 0 radical (unpaired) electrons. The van der Waals surface area contributed by atoms with Gasteiger partial charge in [-0.15, -0.1) is 0 Å². The molecule has 3 amide bonds. The Hall–Kier alpha value is -3.36. The summed E-state index contributed by atoms with van der Waals surface area (Å²) >= 11 is 0. The summed E-state index contributed by atoms with van der Waals surface area (Å²) in [5.74, 6) is -0.367. The first-order chi connectivity index (χ1) is 14.8. The minimum atomic E-state index is -0.691. The second-order valence-electron chi connectivity index (χ2n) is 7.84. The van der Waals surface area contributed by atoms with E-state index in [9.17, 15) is 14.4 Å². The Labute approximate surface area is 181 Å². The zero-order valence-corrected chi connectivity index (χ0v) is 18.2. The second-order valence-corrected chi connectivity index (χ2v) is 7.84. The van der Waals surface area contributed by atoms with Gasteiger partial charge in [0, 0.05) is 25.0 Å². The zero-order chi connectivity index (χ0) is 22.3. The van der Waals surface area contributed by atoms with Crippen molar-refractivity contribution in [2.24, 2.45) is 4.99 Å². The molecule has 2 atom stereocenters. The largest absolute Gasteiger partial charge is 0.465 e. The lowest BCUT2D eigenvalue weighted by Gasteiger charge is -2.40. The van der Waals surface area contributed by atoms with E-state index in [-0.39, 0.29) is 6.61 Å². The summed E-state index contributed by atoms with van der Waals surface area (Å²) in [6, 6.07) is 8.95. The van der Waals surface area contributed by atoms with Crippen LogP contribution in [0.25, 0.3) is 0 Å². The molecule has 0 N–H and O–H groups in total. The van der Waals surface area contributed by atoms with Gasteiger partial charge in [0.2, 0.25) is 5.96 Å². The third-order valence-corrected chi connectivity index (χ3v) is 6.06. The Balaban J connectivity index is 1.58. The van der Waals surface area contributed by atoms with Crippen molar-refractivity contribution in [3.05, 3.63) is 47.3 Å². The van der Waals surface area contributed by atoms with Crippen molar-refractivity contribution in [2.45, 2.75) is 39.4 Å². The molecule has 9 nitrogen and oxygen atoms in total. The third kappa shape index (κ3) is 3.43. The highest BCUT2D eigenvalue weighted by Crippen LogP contribution is 2.37. The number of urea groups is 1. The summed E-state index contributed by atoms with van der Waals surface area (Å²) in [6.45, 7) is 6.14. The molecule has 0 saturated carbocycles. The van der Waals surface area contributed by atoms with E-state index in [0.717, 1.165) is 22.7 Å². The van der Waals surface area contributed by atoms with E-state index in [1.807, 2.05) is 36.9 Å². The zero-order valence-electron chi connectivity index (χ0n) is 18.2. The molecule has 4 rings (SSSR count). The van der Waals surface area contributed by atoms with E-state index in [2.05, 4.69) is 17.0 Å². The van der Waals surface area contributed by atoms with Crippen LogP contribution in [0.3, 0.4) is 0 Å². The number of hydrogen-bond acceptors (Lipinski definition) is 7. The molecule has 9 heteroatoms. The highest BCUT2D eigenvalue weighted by atomic mass is 16.5. The van der Waals surface area contributed by atoms with Gasteiger partial charge in [-0.2, -0.15) is 0 Å². The molecule has 31 heavy (non-hydrogen) atoms. The van der Waals surface area contributed by atoms with E-state index < -0.39 is 36.7 Å². The van der Waals surface area contributed by atoms with Crippen molar-refractivity contribution in [1.29, 1.82) is 0 Å². The standard InChI is InChI=1S/C22H27N5O4/c1-5-31-17(28)13-26-20(29)18-19(24(4)22(26)30)23-21-25(14(2)15(3)27(18)21)12-11-16-9-7-6-8-10-16/h6-10,18-19H,5,11-13H2,1-4H3. The van der Waals surface area contributed by atoms with E-state index in [4.69, 9.17) is 9.73 Å². The van der Waals surface area contributed by atoms with Gasteiger partial charge >= 0.3 is 12.0 Å². The van der Waals surface area contributed by atoms with Crippen molar-refractivity contribution in [3.63, 3.8) is 0 Å². The number of nitrogens with zero attached hydrogens (tertiary/aromatic N) is 5. The molecule has 3 aliphatic heterocycles. The van der Waals surface area contributed by atoms with Gasteiger partial charge in [0.05, 0.1) is 6.61 Å². The van der Waals surface area contributed by atoms with Crippen molar-refractivity contribution >= 4 is 23.9 Å². The van der Waals surface area contributed by atoms with Gasteiger partial charge in [0.15, 0.2) is 12.2 Å². The van der Waals surface area contributed by atoms with Crippen LogP contribution in [0.1, 0.15) is 26.3 Å². The Kier molecular flexibility index (Phi) is 5.43. The maximum atomic E-state index is 13.3. The van der Waals surface area contributed by atoms with Gasteiger partial charge in [0.25, 0.3) is 5.91 Å². The number of ether oxygens (including phenoxy) is 1. The molecule has 0 aromatic heterocycles. The number of imide groups is 1. The lowest BCUT2D eigenvalue weighted by molar-refractivity contribution is -0.150. The smallest absolute Gasteiger partial charge is 0.328 e. The SMILES string of the molecule is CCOC(=O)CN1C(=O)C2C(N=C3N(CCc4ccccc4)C(C)=C(C)N32)N(C)C1=O. The molecule has 0 bridgehead atoms. The van der Waals surface area contributed by atoms with Crippen molar-refractivity contribution < 1.29 is 19.1 Å². The highest BCUT2D eigenvalue weighted by molar-refractivity contribution is 6.06. The minimum Gasteiger partial charge on any atom is -0.465 e. The lowest BCUT2D eigenvalue weighted by Crippen LogP contribution is -2.65. The normalized spacial score (nSPS) is 22.8. The van der Waals surface area contributed by atoms with Crippen LogP contribution in [0.5, 0.6) is 0 Å². The molecule has 1 saturated heterocycles. The molecule has 0 aliphatic carbocycles. The monoisotopic (exact) mass is 425 g/mol. The van der Waals surface area contributed by atoms with Gasteiger partial charge in [-0.05, 0) is 32.8 Å². The molecule has 1 aromatic rings. The first-order valence-electron chi connectivity index (χ1n) is 10.4. The Morgan fingerprint density at radius 1 is 1.10 bits per heavy atom. The summed E-state index contributed by atoms with van der Waals surface area (Å²) in [6.07, 6.45) is 0.196. The lowest BCUT2D eigenvalue weighted by atomic mass is 10.1. The number of hydrogen-bond donors (Lipinski definition) is 0. The molecule has 0 spiro atoms. The van der Waals surface area contributed by atoms with E-state index in [0.29, 0.717) is 12.5 Å². The number of fused-ring (bicyclic) bond motifs is 3. The fourth-order valence-electron chi connectivity index (χ4n) is 4.32. The molecule has 2 unspecified atom stereocenters. The first kappa shape index (κ1) is 20.9. The van der Waals surface area contributed by atoms with Gasteiger partial charge < -0.3 is 14.5 Å². The third-order valence-electron chi connectivity index (χ3n) is 6.06. The van der Waals surface area contributed by atoms with Crippen LogP contribution in [0.15, 0.2) is 46.7 Å². The molecule has 3 aliphatic rings. The molecular weight excluding hydrogens is 398 g/mol. The minimum absolute atomic E-state index is 0.188. The van der Waals surface area contributed by atoms with Crippen LogP contribution in [-0.2, 0) is 20.7 Å². The summed E-state index contributed by atoms with van der Waals surface area (Å²) < 4.78 is 4.94. The number of likely N-dealkylation sites (N-methyl/N-ethyl adjacent to an activating group) is 1. The van der Waals surface area contributed by atoms with Crippen molar-refractivity contribution in [2.75, 3.05) is 26.7 Å². The predicted octanol–water partition coefficient (Wildman–Crippen LogP) is 1.62. The number of rotatable bonds is 6. The maximum absolute atomic E-state index is 13.3. The number of aliphatic imine (C=N–C) groups is 1. The van der Waals surface area contributed by atoms with Crippen LogP contribution in [-0.4, -0.2) is 82.4 Å². The van der Waals surface area contributed by atoms with E-state index in [1.165, 1.54) is 10.5 Å². The van der Waals surface area contributed by atoms with Gasteiger partial charge in [-0.3, -0.25) is 19.4 Å². The van der Waals surface area contributed by atoms with Gasteiger partial charge in [0.1, 0.15) is 6.54 Å². The Bertz CT molecular complexity index is 973. The second kappa shape index (κ2) is 8.05. The first-order valence-corrected chi connectivity index (χ1v) is 10.4. The molecule has 1 aromatic carbocycles. The van der Waals surface area contributed by atoms with Gasteiger partial charge in [-0.25, -0.2) is 9.79 Å². The van der Waals surface area contributed by atoms with Crippen LogP contribution in [0.4, 0.5) is 4.79 Å². The molecule has 3 heterocycles. The summed E-state index contributed by atoms with van der Waals surface area (Å²) in [4.78, 5) is 49.2. The number of benzene rings is 1. The average Bonchev–Trinajstić information content (AvgIpc) is 3.25. The Morgan fingerprint density at radius 2 is 1.81 bits per heavy atom. The van der Waals surface area contributed by atoms with Crippen molar-refractivity contribution in [3.8, 4) is 0 Å². The number of esters is 1. The highest BCUT2D eigenvalue weighted by Gasteiger charge is 2.55. The van der Waals surface area contributed by atoms with Crippen molar-refractivity contribution in [1.82, 2.24) is 19.6 Å². The topological polar surface area (TPSA) is 85.8 Å². The molecule has 1 fully saturated rings. The van der Waals surface area contributed by atoms with Crippen LogP contribution < -0.4 is 0 Å². The fourth-order valence-corrected chi connectivity index (χ4v) is 4.32. The number of amides is 3. The quantitative estimate of drug-likeness (QED) is 0.644.